The van der Waals surface area contributed by atoms with Gasteiger partial charge in [-0.25, -0.2) is 4.68 Å². The van der Waals surface area contributed by atoms with Gasteiger partial charge in [0.2, 0.25) is 5.78 Å². The minimum atomic E-state index is -0.324. The SMILES string of the molecule is COc1cc(=O)n(C)nc1C(=O)C=CN(C)C. The van der Waals surface area contributed by atoms with Gasteiger partial charge >= 0.3 is 0 Å². The highest BCUT2D eigenvalue weighted by atomic mass is 16.5. The van der Waals surface area contributed by atoms with Crippen molar-refractivity contribution in [2.75, 3.05) is 21.2 Å². The number of aryl methyl sites for hydroxylation is 1. The number of rotatable bonds is 4. The van der Waals surface area contributed by atoms with Gasteiger partial charge < -0.3 is 9.64 Å². The van der Waals surface area contributed by atoms with E-state index in [0.29, 0.717) is 0 Å². The maximum Gasteiger partial charge on any atom is 0.270 e. The second kappa shape index (κ2) is 5.29. The van der Waals surface area contributed by atoms with Crippen molar-refractivity contribution in [3.8, 4) is 5.75 Å². The summed E-state index contributed by atoms with van der Waals surface area (Å²) in [5, 5.41) is 3.88. The van der Waals surface area contributed by atoms with Gasteiger partial charge in [0.15, 0.2) is 11.4 Å². The maximum atomic E-state index is 11.8. The third-order valence-corrected chi connectivity index (χ3v) is 2.03. The van der Waals surface area contributed by atoms with Crippen molar-refractivity contribution in [2.24, 2.45) is 7.05 Å². The number of aromatic nitrogens is 2. The Morgan fingerprint density at radius 3 is 2.71 bits per heavy atom. The van der Waals surface area contributed by atoms with E-state index in [0.717, 1.165) is 4.68 Å². The molecule has 0 atom stereocenters. The first-order valence-electron chi connectivity index (χ1n) is 4.97. The highest BCUT2D eigenvalue weighted by Gasteiger charge is 2.13. The van der Waals surface area contributed by atoms with Crippen LogP contribution in [0.5, 0.6) is 5.75 Å². The topological polar surface area (TPSA) is 64.4 Å². The summed E-state index contributed by atoms with van der Waals surface area (Å²) in [6.07, 6.45) is 2.98. The van der Waals surface area contributed by atoms with Crippen LogP contribution in [0.2, 0.25) is 0 Å². The summed E-state index contributed by atoms with van der Waals surface area (Å²) in [5.41, 5.74) is -0.206. The van der Waals surface area contributed by atoms with Crippen LogP contribution >= 0.6 is 0 Å². The molecule has 0 aliphatic carbocycles. The van der Waals surface area contributed by atoms with Crippen molar-refractivity contribution in [3.05, 3.63) is 34.4 Å². The molecule has 17 heavy (non-hydrogen) atoms. The fourth-order valence-corrected chi connectivity index (χ4v) is 1.14. The van der Waals surface area contributed by atoms with E-state index >= 15 is 0 Å². The van der Waals surface area contributed by atoms with E-state index in [2.05, 4.69) is 5.10 Å². The summed E-state index contributed by atoms with van der Waals surface area (Å²) in [6, 6.07) is 1.24. The molecule has 0 N–H and O–H groups in total. The fraction of sp³-hybridized carbons (Fsp3) is 0.364. The Bertz CT molecular complexity index is 503. The Labute approximate surface area is 99.1 Å². The van der Waals surface area contributed by atoms with E-state index in [1.807, 2.05) is 0 Å². The predicted octanol–water partition coefficient (Wildman–Crippen LogP) is 0.0469. The lowest BCUT2D eigenvalue weighted by Gasteiger charge is -2.06. The molecule has 0 aromatic carbocycles. The molecule has 0 saturated carbocycles. The zero-order chi connectivity index (χ0) is 13.0. The molecule has 0 bridgehead atoms. The number of nitrogens with zero attached hydrogens (tertiary/aromatic N) is 3. The first-order chi connectivity index (χ1) is 7.95. The van der Waals surface area contributed by atoms with E-state index < -0.39 is 0 Å². The van der Waals surface area contributed by atoms with Crippen LogP contribution in [-0.4, -0.2) is 41.7 Å². The zero-order valence-corrected chi connectivity index (χ0v) is 10.3. The van der Waals surface area contributed by atoms with Gasteiger partial charge in [0.1, 0.15) is 0 Å². The third-order valence-electron chi connectivity index (χ3n) is 2.03. The number of carbonyl (C=O) groups excluding carboxylic acids is 1. The molecule has 0 fully saturated rings. The number of hydrogen-bond acceptors (Lipinski definition) is 5. The van der Waals surface area contributed by atoms with Crippen LogP contribution in [0.4, 0.5) is 0 Å². The summed E-state index contributed by atoms with van der Waals surface area (Å²) < 4.78 is 6.06. The Balaban J connectivity index is 3.17. The van der Waals surface area contributed by atoms with E-state index in [-0.39, 0.29) is 22.8 Å². The smallest absolute Gasteiger partial charge is 0.270 e. The highest BCUT2D eigenvalue weighted by Crippen LogP contribution is 2.13. The number of ether oxygens (including phenoxy) is 1. The van der Waals surface area contributed by atoms with Crippen LogP contribution < -0.4 is 10.3 Å². The Kier molecular flexibility index (Phi) is 4.03. The number of ketones is 1. The summed E-state index contributed by atoms with van der Waals surface area (Å²) in [5.74, 6) is -0.132. The lowest BCUT2D eigenvalue weighted by Crippen LogP contribution is -2.22. The third kappa shape index (κ3) is 3.17. The largest absolute Gasteiger partial charge is 0.494 e. The van der Waals surface area contributed by atoms with Crippen molar-refractivity contribution < 1.29 is 9.53 Å². The molecule has 1 heterocycles. The van der Waals surface area contributed by atoms with Gasteiger partial charge in [0.25, 0.3) is 5.56 Å². The van der Waals surface area contributed by atoms with Gasteiger partial charge in [-0.15, -0.1) is 0 Å². The molecule has 0 aliphatic rings. The minimum absolute atomic E-state index is 0.118. The predicted molar refractivity (Wildman–Crippen MR) is 63.2 cm³/mol. The summed E-state index contributed by atoms with van der Waals surface area (Å²) in [6.45, 7) is 0. The quantitative estimate of drug-likeness (QED) is 0.546. The van der Waals surface area contributed by atoms with Crippen molar-refractivity contribution in [2.45, 2.75) is 0 Å². The standard InChI is InChI=1S/C11H15N3O3/c1-13(2)6-5-8(15)11-9(17-4)7-10(16)14(3)12-11/h5-7H,1-4H3. The van der Waals surface area contributed by atoms with Crippen LogP contribution in [-0.2, 0) is 7.05 Å². The number of allylic oxidation sites excluding steroid dienone is 1. The average Bonchev–Trinajstić information content (AvgIpc) is 2.28. The molecule has 92 valence electrons. The molecule has 0 saturated heterocycles. The summed E-state index contributed by atoms with van der Waals surface area (Å²) in [4.78, 5) is 24.9. The van der Waals surface area contributed by atoms with Crippen molar-refractivity contribution in [1.29, 1.82) is 0 Å². The van der Waals surface area contributed by atoms with Gasteiger partial charge in [0.05, 0.1) is 7.11 Å². The summed E-state index contributed by atoms with van der Waals surface area (Å²) >= 11 is 0. The first-order valence-corrected chi connectivity index (χ1v) is 4.97. The molecule has 1 rings (SSSR count). The number of hydrogen-bond donors (Lipinski definition) is 0. The molecular formula is C11H15N3O3. The van der Waals surface area contributed by atoms with Crippen LogP contribution in [0.1, 0.15) is 10.5 Å². The van der Waals surface area contributed by atoms with Gasteiger partial charge in [-0.05, 0) is 0 Å². The van der Waals surface area contributed by atoms with Crippen LogP contribution in [0, 0.1) is 0 Å². The summed E-state index contributed by atoms with van der Waals surface area (Å²) in [7, 11) is 6.47. The monoisotopic (exact) mass is 237 g/mol. The average molecular weight is 237 g/mol. The molecule has 1 aromatic heterocycles. The van der Waals surface area contributed by atoms with Crippen molar-refractivity contribution >= 4 is 5.78 Å². The van der Waals surface area contributed by atoms with E-state index in [4.69, 9.17) is 4.74 Å². The molecule has 6 heteroatoms. The van der Waals surface area contributed by atoms with Gasteiger partial charge in [0, 0.05) is 39.5 Å². The Morgan fingerprint density at radius 2 is 2.18 bits per heavy atom. The Morgan fingerprint density at radius 1 is 1.53 bits per heavy atom. The first kappa shape index (κ1) is 13.0. The normalized spacial score (nSPS) is 10.6. The zero-order valence-electron chi connectivity index (χ0n) is 10.3. The van der Waals surface area contributed by atoms with E-state index in [1.165, 1.54) is 26.3 Å². The molecule has 6 nitrogen and oxygen atoms in total. The van der Waals surface area contributed by atoms with Crippen molar-refractivity contribution in [1.82, 2.24) is 14.7 Å². The molecule has 1 aromatic rings. The Hall–Kier alpha value is -2.11. The number of carbonyl (C=O) groups is 1. The van der Waals surface area contributed by atoms with Gasteiger partial charge in [-0.1, -0.05) is 0 Å². The van der Waals surface area contributed by atoms with E-state index in [1.54, 1.807) is 25.2 Å². The highest BCUT2D eigenvalue weighted by molar-refractivity contribution is 6.04. The fourth-order valence-electron chi connectivity index (χ4n) is 1.14. The molecule has 0 spiro atoms. The molecular weight excluding hydrogens is 222 g/mol. The van der Waals surface area contributed by atoms with Crippen molar-refractivity contribution in [3.63, 3.8) is 0 Å². The lowest BCUT2D eigenvalue weighted by molar-refractivity contribution is 0.103. The molecule has 0 unspecified atom stereocenters. The van der Waals surface area contributed by atoms with Crippen LogP contribution in [0.15, 0.2) is 23.1 Å². The lowest BCUT2D eigenvalue weighted by atomic mass is 10.2. The maximum absolute atomic E-state index is 11.8. The second-order valence-electron chi connectivity index (χ2n) is 3.67. The number of methoxy groups -OCH3 is 1. The van der Waals surface area contributed by atoms with Gasteiger partial charge in [-0.2, -0.15) is 5.10 Å². The van der Waals surface area contributed by atoms with Crippen LogP contribution in [0.25, 0.3) is 0 Å². The van der Waals surface area contributed by atoms with Crippen LogP contribution in [0.3, 0.4) is 0 Å². The second-order valence-corrected chi connectivity index (χ2v) is 3.67. The molecule has 0 aliphatic heterocycles. The molecule has 0 radical (unpaired) electrons. The molecule has 0 amide bonds. The van der Waals surface area contributed by atoms with Gasteiger partial charge in [-0.3, -0.25) is 9.59 Å². The van der Waals surface area contributed by atoms with E-state index in [9.17, 15) is 9.59 Å². The minimum Gasteiger partial charge on any atom is -0.494 e.